The van der Waals surface area contributed by atoms with Gasteiger partial charge in [0, 0.05) is 31.2 Å². The summed E-state index contributed by atoms with van der Waals surface area (Å²) in [6.07, 6.45) is 4.48. The molecule has 0 unspecified atom stereocenters. The Balaban J connectivity index is 1.87. The van der Waals surface area contributed by atoms with Gasteiger partial charge in [-0.2, -0.15) is 0 Å². The lowest BCUT2D eigenvalue weighted by molar-refractivity contribution is 0.599. The Morgan fingerprint density at radius 2 is 2.69 bits per heavy atom. The average Bonchev–Trinajstić information content (AvgIpc) is 2.74. The van der Waals surface area contributed by atoms with E-state index >= 15 is 0 Å². The Labute approximate surface area is 82.8 Å². The number of anilines is 1. The van der Waals surface area contributed by atoms with Gasteiger partial charge in [0.2, 0.25) is 0 Å². The highest BCUT2D eigenvalue weighted by Gasteiger charge is 2.16. The largest absolute Gasteiger partial charge is 0.350 e. The minimum atomic E-state index is 0.661. The van der Waals surface area contributed by atoms with Gasteiger partial charge in [-0.05, 0) is 19.4 Å². The molecule has 1 aliphatic rings. The Bertz CT molecular complexity index is 241. The van der Waals surface area contributed by atoms with Crippen LogP contribution in [0.15, 0.2) is 11.6 Å². The van der Waals surface area contributed by atoms with Crippen LogP contribution >= 0.6 is 11.3 Å². The van der Waals surface area contributed by atoms with Gasteiger partial charge in [0.15, 0.2) is 5.13 Å². The summed E-state index contributed by atoms with van der Waals surface area (Å²) in [5.74, 6) is 0. The lowest BCUT2D eigenvalue weighted by atomic mass is 10.2. The molecule has 0 spiro atoms. The van der Waals surface area contributed by atoms with E-state index in [2.05, 4.69) is 22.2 Å². The summed E-state index contributed by atoms with van der Waals surface area (Å²) in [6, 6.07) is 0.661. The molecule has 0 aliphatic carbocycles. The van der Waals surface area contributed by atoms with Crippen LogP contribution < -0.4 is 10.2 Å². The maximum atomic E-state index is 4.27. The third-order valence-electron chi connectivity index (χ3n) is 2.40. The average molecular weight is 197 g/mol. The van der Waals surface area contributed by atoms with Crippen molar-refractivity contribution >= 4 is 16.5 Å². The highest BCUT2D eigenvalue weighted by atomic mass is 32.1. The number of nitrogens with one attached hydrogen (secondary N) is 1. The van der Waals surface area contributed by atoms with Gasteiger partial charge in [0.25, 0.3) is 0 Å². The maximum absolute atomic E-state index is 4.27. The predicted octanol–water partition coefficient (Wildman–Crippen LogP) is 1.33. The number of likely N-dealkylation sites (N-methyl/N-ethyl adjacent to an activating group) is 1. The highest BCUT2D eigenvalue weighted by molar-refractivity contribution is 7.13. The van der Waals surface area contributed by atoms with Gasteiger partial charge in [-0.25, -0.2) is 4.98 Å². The van der Waals surface area contributed by atoms with Crippen LogP contribution in [0.5, 0.6) is 0 Å². The lowest BCUT2D eigenvalue weighted by Crippen LogP contribution is -2.35. The molecule has 1 aliphatic heterocycles. The number of hydrogen-bond donors (Lipinski definition) is 1. The van der Waals surface area contributed by atoms with Crippen LogP contribution in [0.3, 0.4) is 0 Å². The maximum Gasteiger partial charge on any atom is 0.185 e. The molecule has 1 N–H and O–H groups in total. The van der Waals surface area contributed by atoms with Gasteiger partial charge in [0.05, 0.1) is 0 Å². The molecule has 0 saturated carbocycles. The van der Waals surface area contributed by atoms with Gasteiger partial charge < -0.3 is 10.2 Å². The van der Waals surface area contributed by atoms with Gasteiger partial charge in [0.1, 0.15) is 0 Å². The van der Waals surface area contributed by atoms with Gasteiger partial charge in [-0.1, -0.05) is 0 Å². The molecule has 1 saturated heterocycles. The molecule has 0 aromatic carbocycles. The molecule has 4 heteroatoms. The van der Waals surface area contributed by atoms with Gasteiger partial charge in [-0.15, -0.1) is 11.3 Å². The highest BCUT2D eigenvalue weighted by Crippen LogP contribution is 2.17. The molecule has 2 rings (SSSR count). The fourth-order valence-corrected chi connectivity index (χ4v) is 2.35. The standard InChI is InChI=1S/C9H15N3S/c1-12(9-11-5-6-13-9)7-8-3-2-4-10-8/h5-6,8,10H,2-4,7H2,1H3/t8-/m0/s1. The quantitative estimate of drug-likeness (QED) is 0.792. The zero-order chi connectivity index (χ0) is 9.10. The minimum Gasteiger partial charge on any atom is -0.350 e. The summed E-state index contributed by atoms with van der Waals surface area (Å²) >= 11 is 1.70. The van der Waals surface area contributed by atoms with E-state index in [0.717, 1.165) is 11.7 Å². The molecule has 1 aromatic rings. The molecule has 0 radical (unpaired) electrons. The van der Waals surface area contributed by atoms with Crippen molar-refractivity contribution in [2.75, 3.05) is 25.0 Å². The third kappa shape index (κ3) is 2.19. The van der Waals surface area contributed by atoms with Crippen LogP contribution in [0.2, 0.25) is 0 Å². The van der Waals surface area contributed by atoms with E-state index in [0.29, 0.717) is 6.04 Å². The van der Waals surface area contributed by atoms with Crippen LogP contribution in [0.1, 0.15) is 12.8 Å². The van der Waals surface area contributed by atoms with Crippen molar-refractivity contribution in [2.45, 2.75) is 18.9 Å². The summed E-state index contributed by atoms with van der Waals surface area (Å²) in [6.45, 7) is 2.25. The van der Waals surface area contributed by atoms with Crippen molar-refractivity contribution in [1.82, 2.24) is 10.3 Å². The number of thiazole rings is 1. The van der Waals surface area contributed by atoms with Crippen molar-refractivity contribution in [1.29, 1.82) is 0 Å². The summed E-state index contributed by atoms with van der Waals surface area (Å²) in [5, 5.41) is 6.63. The van der Waals surface area contributed by atoms with E-state index < -0.39 is 0 Å². The van der Waals surface area contributed by atoms with Crippen LogP contribution in [-0.2, 0) is 0 Å². The zero-order valence-electron chi connectivity index (χ0n) is 7.86. The molecule has 0 bridgehead atoms. The van der Waals surface area contributed by atoms with Gasteiger partial charge >= 0.3 is 0 Å². The first-order valence-electron chi connectivity index (χ1n) is 4.70. The van der Waals surface area contributed by atoms with E-state index in [4.69, 9.17) is 0 Å². The molecule has 3 nitrogen and oxygen atoms in total. The zero-order valence-corrected chi connectivity index (χ0v) is 8.68. The SMILES string of the molecule is CN(C[C@@H]1CCCN1)c1nccs1. The van der Waals surface area contributed by atoms with E-state index in [1.807, 2.05) is 11.6 Å². The fourth-order valence-electron chi connectivity index (χ4n) is 1.73. The fraction of sp³-hybridized carbons (Fsp3) is 0.667. The number of hydrogen-bond acceptors (Lipinski definition) is 4. The molecular weight excluding hydrogens is 182 g/mol. The molecule has 2 heterocycles. The number of aromatic nitrogens is 1. The normalized spacial score (nSPS) is 22.1. The molecule has 0 amide bonds. The van der Waals surface area contributed by atoms with Crippen molar-refractivity contribution in [3.8, 4) is 0 Å². The number of nitrogens with zero attached hydrogens (tertiary/aromatic N) is 2. The van der Waals surface area contributed by atoms with Crippen LogP contribution in [0.4, 0.5) is 5.13 Å². The predicted molar refractivity (Wildman–Crippen MR) is 56.4 cm³/mol. The lowest BCUT2D eigenvalue weighted by Gasteiger charge is -2.20. The van der Waals surface area contributed by atoms with Gasteiger partial charge in [-0.3, -0.25) is 0 Å². The first kappa shape index (κ1) is 8.97. The van der Waals surface area contributed by atoms with Crippen molar-refractivity contribution in [2.24, 2.45) is 0 Å². The Morgan fingerprint density at radius 3 is 3.31 bits per heavy atom. The summed E-state index contributed by atoms with van der Waals surface area (Å²) in [5.41, 5.74) is 0. The van der Waals surface area contributed by atoms with E-state index in [1.165, 1.54) is 19.4 Å². The summed E-state index contributed by atoms with van der Waals surface area (Å²) < 4.78 is 0. The second-order valence-corrected chi connectivity index (χ2v) is 4.36. The van der Waals surface area contributed by atoms with E-state index in [1.54, 1.807) is 11.3 Å². The molecule has 72 valence electrons. The van der Waals surface area contributed by atoms with Crippen molar-refractivity contribution < 1.29 is 0 Å². The smallest absolute Gasteiger partial charge is 0.185 e. The van der Waals surface area contributed by atoms with Crippen molar-refractivity contribution in [3.63, 3.8) is 0 Å². The number of rotatable bonds is 3. The Kier molecular flexibility index (Phi) is 2.80. The van der Waals surface area contributed by atoms with Crippen molar-refractivity contribution in [3.05, 3.63) is 11.6 Å². The molecule has 13 heavy (non-hydrogen) atoms. The van der Waals surface area contributed by atoms with Crippen LogP contribution in [0.25, 0.3) is 0 Å². The molecule has 1 atom stereocenters. The third-order valence-corrected chi connectivity index (χ3v) is 3.29. The Hall–Kier alpha value is -0.610. The second kappa shape index (κ2) is 4.07. The Morgan fingerprint density at radius 1 is 1.77 bits per heavy atom. The minimum absolute atomic E-state index is 0.661. The first-order chi connectivity index (χ1) is 6.36. The molecule has 1 aromatic heterocycles. The van der Waals surface area contributed by atoms with E-state index in [9.17, 15) is 0 Å². The van der Waals surface area contributed by atoms with Crippen LogP contribution in [-0.4, -0.2) is 31.2 Å². The molecule has 1 fully saturated rings. The molecular formula is C9H15N3S. The second-order valence-electron chi connectivity index (χ2n) is 3.49. The summed E-state index contributed by atoms with van der Waals surface area (Å²) in [4.78, 5) is 6.50. The topological polar surface area (TPSA) is 28.2 Å². The first-order valence-corrected chi connectivity index (χ1v) is 5.58. The summed E-state index contributed by atoms with van der Waals surface area (Å²) in [7, 11) is 2.11. The van der Waals surface area contributed by atoms with Crippen LogP contribution in [0, 0.1) is 0 Å². The monoisotopic (exact) mass is 197 g/mol. The van der Waals surface area contributed by atoms with E-state index in [-0.39, 0.29) is 0 Å².